The zero-order chi connectivity index (χ0) is 14.6. The van der Waals surface area contributed by atoms with Gasteiger partial charge in [0, 0.05) is 12.7 Å². The van der Waals surface area contributed by atoms with Gasteiger partial charge in [0.25, 0.3) is 0 Å². The highest BCUT2D eigenvalue weighted by Crippen LogP contribution is 2.16. The Bertz CT molecular complexity index is 493. The van der Waals surface area contributed by atoms with Gasteiger partial charge in [0.05, 0.1) is 0 Å². The van der Waals surface area contributed by atoms with Crippen molar-refractivity contribution in [3.05, 3.63) is 30.1 Å². The molecule has 0 radical (unpaired) electrons. The Balaban J connectivity index is 2.86. The van der Waals surface area contributed by atoms with E-state index in [9.17, 15) is 14.0 Å². The lowest BCUT2D eigenvalue weighted by molar-refractivity contribution is -0.143. The third-order valence-electron chi connectivity index (χ3n) is 3.06. The highest BCUT2D eigenvalue weighted by Gasteiger charge is 2.33. The first kappa shape index (κ1) is 14.9. The van der Waals surface area contributed by atoms with Crippen molar-refractivity contribution < 1.29 is 19.1 Å². The van der Waals surface area contributed by atoms with Crippen LogP contribution >= 0.6 is 0 Å². The molecule has 0 aromatic heterocycles. The van der Waals surface area contributed by atoms with E-state index < -0.39 is 23.4 Å². The van der Waals surface area contributed by atoms with Gasteiger partial charge in [0.2, 0.25) is 0 Å². The summed E-state index contributed by atoms with van der Waals surface area (Å²) in [5, 5.41) is 11.5. The molecule has 19 heavy (non-hydrogen) atoms. The van der Waals surface area contributed by atoms with Crippen molar-refractivity contribution in [2.24, 2.45) is 0 Å². The van der Waals surface area contributed by atoms with Gasteiger partial charge in [-0.05, 0) is 31.5 Å². The highest BCUT2D eigenvalue weighted by molar-refractivity contribution is 5.95. The molecule has 2 amide bonds. The van der Waals surface area contributed by atoms with Gasteiger partial charge in [-0.3, -0.25) is 4.90 Å². The van der Waals surface area contributed by atoms with E-state index in [1.165, 1.54) is 37.1 Å². The predicted octanol–water partition coefficient (Wildman–Crippen LogP) is 2.22. The number of carbonyl (C=O) groups excluding carboxylic acids is 1. The summed E-state index contributed by atoms with van der Waals surface area (Å²) in [5.41, 5.74) is -1.00. The summed E-state index contributed by atoms with van der Waals surface area (Å²) in [6.45, 7) is 3.09. The standard InChI is InChI=1S/C13H17FN2O3/c1-4-13(2,11(17)18)15-12(19)16(3)10-7-5-6-9(14)8-10/h5-8H,4H2,1-3H3,(H,15,19)(H,17,18). The lowest BCUT2D eigenvalue weighted by Gasteiger charge is -2.28. The zero-order valence-corrected chi connectivity index (χ0v) is 11.1. The number of anilines is 1. The summed E-state index contributed by atoms with van der Waals surface area (Å²) in [6, 6.07) is 4.90. The normalized spacial score (nSPS) is 13.5. The molecule has 0 saturated heterocycles. The quantitative estimate of drug-likeness (QED) is 0.879. The molecule has 0 spiro atoms. The van der Waals surface area contributed by atoms with E-state index in [1.807, 2.05) is 0 Å². The average Bonchev–Trinajstić information content (AvgIpc) is 2.37. The van der Waals surface area contributed by atoms with Crippen LogP contribution in [-0.4, -0.2) is 29.7 Å². The van der Waals surface area contributed by atoms with Crippen molar-refractivity contribution in [2.45, 2.75) is 25.8 Å². The maximum atomic E-state index is 13.1. The van der Waals surface area contributed by atoms with Crippen LogP contribution in [0.4, 0.5) is 14.9 Å². The molecule has 1 atom stereocenters. The average molecular weight is 268 g/mol. The Labute approximate surface area is 111 Å². The number of carboxylic acid groups (broad SMARTS) is 1. The van der Waals surface area contributed by atoms with E-state index in [2.05, 4.69) is 5.32 Å². The predicted molar refractivity (Wildman–Crippen MR) is 69.7 cm³/mol. The number of benzene rings is 1. The van der Waals surface area contributed by atoms with E-state index in [4.69, 9.17) is 5.11 Å². The number of nitrogens with one attached hydrogen (secondary N) is 1. The number of halogens is 1. The van der Waals surface area contributed by atoms with E-state index in [0.29, 0.717) is 5.69 Å². The molecule has 0 fully saturated rings. The third kappa shape index (κ3) is 3.43. The summed E-state index contributed by atoms with van der Waals surface area (Å²) < 4.78 is 13.1. The topological polar surface area (TPSA) is 69.6 Å². The first-order valence-electron chi connectivity index (χ1n) is 5.85. The van der Waals surface area contributed by atoms with Crippen LogP contribution in [-0.2, 0) is 4.79 Å². The summed E-state index contributed by atoms with van der Waals surface area (Å²) in [5.74, 6) is -1.58. The lowest BCUT2D eigenvalue weighted by atomic mass is 10.00. The van der Waals surface area contributed by atoms with Crippen molar-refractivity contribution in [3.8, 4) is 0 Å². The van der Waals surface area contributed by atoms with Crippen LogP contribution in [0.15, 0.2) is 24.3 Å². The maximum absolute atomic E-state index is 13.1. The molecule has 104 valence electrons. The van der Waals surface area contributed by atoms with E-state index in [-0.39, 0.29) is 6.42 Å². The van der Waals surface area contributed by atoms with Gasteiger partial charge in [-0.25, -0.2) is 14.0 Å². The summed E-state index contributed by atoms with van der Waals surface area (Å²) in [4.78, 5) is 24.2. The monoisotopic (exact) mass is 268 g/mol. The molecule has 2 N–H and O–H groups in total. The third-order valence-corrected chi connectivity index (χ3v) is 3.06. The minimum atomic E-state index is -1.35. The van der Waals surface area contributed by atoms with Crippen LogP contribution in [0.1, 0.15) is 20.3 Å². The molecule has 0 heterocycles. The van der Waals surface area contributed by atoms with E-state index in [1.54, 1.807) is 13.0 Å². The molecule has 0 bridgehead atoms. The molecular weight excluding hydrogens is 251 g/mol. The smallest absolute Gasteiger partial charge is 0.329 e. The van der Waals surface area contributed by atoms with Gasteiger partial charge < -0.3 is 10.4 Å². The molecule has 1 rings (SSSR count). The van der Waals surface area contributed by atoms with Crippen LogP contribution in [0.5, 0.6) is 0 Å². The minimum Gasteiger partial charge on any atom is -0.480 e. The highest BCUT2D eigenvalue weighted by atomic mass is 19.1. The first-order chi connectivity index (χ1) is 8.80. The number of aliphatic carboxylic acids is 1. The lowest BCUT2D eigenvalue weighted by Crippen LogP contribution is -2.55. The fourth-order valence-corrected chi connectivity index (χ4v) is 1.41. The number of rotatable bonds is 4. The number of hydrogen-bond donors (Lipinski definition) is 2. The SMILES string of the molecule is CCC(C)(NC(=O)N(C)c1cccc(F)c1)C(=O)O. The van der Waals surface area contributed by atoms with Gasteiger partial charge in [-0.1, -0.05) is 13.0 Å². The van der Waals surface area contributed by atoms with Crippen LogP contribution in [0.2, 0.25) is 0 Å². The molecule has 0 aliphatic heterocycles. The van der Waals surface area contributed by atoms with Gasteiger partial charge in [-0.15, -0.1) is 0 Å². The van der Waals surface area contributed by atoms with Gasteiger partial charge >= 0.3 is 12.0 Å². The maximum Gasteiger partial charge on any atom is 0.329 e. The van der Waals surface area contributed by atoms with Gasteiger partial charge in [-0.2, -0.15) is 0 Å². The second-order valence-corrected chi connectivity index (χ2v) is 4.46. The molecular formula is C13H17FN2O3. The Hall–Kier alpha value is -2.11. The summed E-state index contributed by atoms with van der Waals surface area (Å²) >= 11 is 0. The number of hydrogen-bond acceptors (Lipinski definition) is 2. The van der Waals surface area contributed by atoms with Crippen molar-refractivity contribution in [1.82, 2.24) is 5.32 Å². The fraction of sp³-hybridized carbons (Fsp3) is 0.385. The number of nitrogens with zero attached hydrogens (tertiary/aromatic N) is 1. The van der Waals surface area contributed by atoms with Gasteiger partial charge in [0.1, 0.15) is 11.4 Å². The number of urea groups is 1. The largest absolute Gasteiger partial charge is 0.480 e. The summed E-state index contributed by atoms with van der Waals surface area (Å²) in [7, 11) is 1.45. The molecule has 1 unspecified atom stereocenters. The molecule has 6 heteroatoms. The zero-order valence-electron chi connectivity index (χ0n) is 11.1. The van der Waals surface area contributed by atoms with Crippen LogP contribution < -0.4 is 10.2 Å². The van der Waals surface area contributed by atoms with Gasteiger partial charge in [0.15, 0.2) is 0 Å². The second-order valence-electron chi connectivity index (χ2n) is 4.46. The first-order valence-corrected chi connectivity index (χ1v) is 5.85. The summed E-state index contributed by atoms with van der Waals surface area (Å²) in [6.07, 6.45) is 0.241. The Morgan fingerprint density at radius 2 is 2.11 bits per heavy atom. The Morgan fingerprint density at radius 1 is 1.47 bits per heavy atom. The Kier molecular flexibility index (Phi) is 4.47. The van der Waals surface area contributed by atoms with Crippen LogP contribution in [0, 0.1) is 5.82 Å². The van der Waals surface area contributed by atoms with Crippen molar-refractivity contribution in [3.63, 3.8) is 0 Å². The van der Waals surface area contributed by atoms with Crippen LogP contribution in [0.25, 0.3) is 0 Å². The van der Waals surface area contributed by atoms with Crippen molar-refractivity contribution in [2.75, 3.05) is 11.9 Å². The van der Waals surface area contributed by atoms with Crippen molar-refractivity contribution >= 4 is 17.7 Å². The van der Waals surface area contributed by atoms with E-state index >= 15 is 0 Å². The minimum absolute atomic E-state index is 0.241. The van der Waals surface area contributed by atoms with Crippen LogP contribution in [0.3, 0.4) is 0 Å². The number of carboxylic acids is 1. The molecule has 0 aliphatic rings. The Morgan fingerprint density at radius 3 is 2.58 bits per heavy atom. The fourth-order valence-electron chi connectivity index (χ4n) is 1.41. The number of amides is 2. The molecule has 5 nitrogen and oxygen atoms in total. The molecule has 0 saturated carbocycles. The molecule has 0 aliphatic carbocycles. The molecule has 1 aromatic rings. The van der Waals surface area contributed by atoms with Crippen molar-refractivity contribution in [1.29, 1.82) is 0 Å². The second kappa shape index (κ2) is 5.69. The number of carbonyl (C=O) groups is 2. The molecule has 1 aromatic carbocycles. The van der Waals surface area contributed by atoms with E-state index in [0.717, 1.165) is 0 Å².